The third-order valence-electron chi connectivity index (χ3n) is 2.94. The van der Waals surface area contributed by atoms with Crippen molar-refractivity contribution in [3.05, 3.63) is 18.0 Å². The molecule has 1 aromatic rings. The summed E-state index contributed by atoms with van der Waals surface area (Å²) in [4.78, 5) is 12.1. The second-order valence-electron chi connectivity index (χ2n) is 4.43. The van der Waals surface area contributed by atoms with Crippen molar-refractivity contribution in [2.24, 2.45) is 5.92 Å². The number of hydrogen-bond donors (Lipinski definition) is 0. The average molecular weight is 222 g/mol. The number of Topliss-reactive ketones (excluding diaryl/α,β-unsaturated/α-hetero) is 1. The SMILES string of the molecule is CCCn1cc(C(=O)C2COC(C)C2)cn1. The number of nitrogens with zero attached hydrogens (tertiary/aromatic N) is 2. The second-order valence-corrected chi connectivity index (χ2v) is 4.43. The molecule has 0 N–H and O–H groups in total. The molecule has 1 fully saturated rings. The summed E-state index contributed by atoms with van der Waals surface area (Å²) in [5.41, 5.74) is 0.719. The molecule has 0 radical (unpaired) electrons. The Morgan fingerprint density at radius 1 is 1.69 bits per heavy atom. The standard InChI is InChI=1S/C12H18N2O2/c1-3-4-14-7-11(6-13-14)12(15)10-5-9(2)16-8-10/h6-7,9-10H,3-5,8H2,1-2H3. The Balaban J connectivity index is 2.03. The van der Waals surface area contributed by atoms with Gasteiger partial charge in [0.05, 0.1) is 24.5 Å². The van der Waals surface area contributed by atoms with Gasteiger partial charge in [0.15, 0.2) is 5.78 Å². The van der Waals surface area contributed by atoms with Crippen LogP contribution in [0.15, 0.2) is 12.4 Å². The lowest BCUT2D eigenvalue weighted by molar-refractivity contribution is 0.0877. The third-order valence-corrected chi connectivity index (χ3v) is 2.94. The number of carbonyl (C=O) groups excluding carboxylic acids is 1. The van der Waals surface area contributed by atoms with Crippen LogP contribution in [0.5, 0.6) is 0 Å². The van der Waals surface area contributed by atoms with Crippen molar-refractivity contribution >= 4 is 5.78 Å². The minimum absolute atomic E-state index is 0.0225. The highest BCUT2D eigenvalue weighted by Gasteiger charge is 2.29. The molecule has 0 saturated carbocycles. The van der Waals surface area contributed by atoms with E-state index in [1.807, 2.05) is 17.8 Å². The second kappa shape index (κ2) is 4.78. The van der Waals surface area contributed by atoms with Crippen molar-refractivity contribution in [3.63, 3.8) is 0 Å². The summed E-state index contributed by atoms with van der Waals surface area (Å²) in [5.74, 6) is 0.195. The Morgan fingerprint density at radius 2 is 2.50 bits per heavy atom. The molecule has 0 aromatic carbocycles. The zero-order valence-corrected chi connectivity index (χ0v) is 9.85. The molecule has 1 saturated heterocycles. The fourth-order valence-electron chi connectivity index (χ4n) is 2.08. The van der Waals surface area contributed by atoms with Gasteiger partial charge in [0.1, 0.15) is 0 Å². The van der Waals surface area contributed by atoms with Crippen LogP contribution in [0.2, 0.25) is 0 Å². The first-order valence-electron chi connectivity index (χ1n) is 5.89. The van der Waals surface area contributed by atoms with Crippen LogP contribution in [0.25, 0.3) is 0 Å². The Bertz CT molecular complexity index is 373. The van der Waals surface area contributed by atoms with Gasteiger partial charge in [-0.1, -0.05) is 6.92 Å². The van der Waals surface area contributed by atoms with Crippen molar-refractivity contribution in [1.82, 2.24) is 9.78 Å². The first-order valence-corrected chi connectivity index (χ1v) is 5.89. The number of ketones is 1. The summed E-state index contributed by atoms with van der Waals surface area (Å²) in [6.07, 6.45) is 5.58. The molecular formula is C12H18N2O2. The maximum absolute atomic E-state index is 12.1. The molecule has 2 unspecified atom stereocenters. The molecule has 2 rings (SSSR count). The number of rotatable bonds is 4. The average Bonchev–Trinajstić information content (AvgIpc) is 2.87. The van der Waals surface area contributed by atoms with Crippen molar-refractivity contribution in [3.8, 4) is 0 Å². The zero-order chi connectivity index (χ0) is 11.5. The first-order chi connectivity index (χ1) is 7.70. The van der Waals surface area contributed by atoms with Gasteiger partial charge in [0.2, 0.25) is 0 Å². The van der Waals surface area contributed by atoms with Gasteiger partial charge in [-0.05, 0) is 19.8 Å². The van der Waals surface area contributed by atoms with Crippen LogP contribution in [0.3, 0.4) is 0 Å². The van der Waals surface area contributed by atoms with Gasteiger partial charge in [-0.3, -0.25) is 9.48 Å². The third kappa shape index (κ3) is 2.32. The molecule has 2 atom stereocenters. The number of aryl methyl sites for hydroxylation is 1. The van der Waals surface area contributed by atoms with E-state index in [0.717, 1.165) is 24.9 Å². The fraction of sp³-hybridized carbons (Fsp3) is 0.667. The lowest BCUT2D eigenvalue weighted by Gasteiger charge is -2.03. The lowest BCUT2D eigenvalue weighted by Crippen LogP contribution is -2.14. The maximum atomic E-state index is 12.1. The summed E-state index contributed by atoms with van der Waals surface area (Å²) < 4.78 is 7.24. The van der Waals surface area contributed by atoms with E-state index in [9.17, 15) is 4.79 Å². The Kier molecular flexibility index (Phi) is 3.39. The van der Waals surface area contributed by atoms with Crippen LogP contribution in [0, 0.1) is 5.92 Å². The Labute approximate surface area is 95.6 Å². The quantitative estimate of drug-likeness (QED) is 0.731. The van der Waals surface area contributed by atoms with Gasteiger partial charge in [-0.2, -0.15) is 5.10 Å². The topological polar surface area (TPSA) is 44.1 Å². The molecule has 16 heavy (non-hydrogen) atoms. The van der Waals surface area contributed by atoms with Crippen LogP contribution >= 0.6 is 0 Å². The Hall–Kier alpha value is -1.16. The van der Waals surface area contributed by atoms with Gasteiger partial charge in [0, 0.05) is 18.7 Å². The molecule has 88 valence electrons. The highest BCUT2D eigenvalue weighted by atomic mass is 16.5. The van der Waals surface area contributed by atoms with Gasteiger partial charge in [0.25, 0.3) is 0 Å². The number of ether oxygens (including phenoxy) is 1. The molecular weight excluding hydrogens is 204 g/mol. The van der Waals surface area contributed by atoms with E-state index in [2.05, 4.69) is 12.0 Å². The van der Waals surface area contributed by atoms with Crippen molar-refractivity contribution < 1.29 is 9.53 Å². The molecule has 1 aliphatic rings. The summed E-state index contributed by atoms with van der Waals surface area (Å²) in [6.45, 7) is 5.52. The van der Waals surface area contributed by atoms with Gasteiger partial charge in [-0.25, -0.2) is 0 Å². The van der Waals surface area contributed by atoms with Crippen LogP contribution in [-0.4, -0.2) is 28.3 Å². The molecule has 0 bridgehead atoms. The van der Waals surface area contributed by atoms with E-state index < -0.39 is 0 Å². The van der Waals surface area contributed by atoms with E-state index in [4.69, 9.17) is 4.74 Å². The van der Waals surface area contributed by atoms with E-state index in [1.54, 1.807) is 6.20 Å². The monoisotopic (exact) mass is 222 g/mol. The summed E-state index contributed by atoms with van der Waals surface area (Å²) in [6, 6.07) is 0. The molecule has 4 nitrogen and oxygen atoms in total. The summed E-state index contributed by atoms with van der Waals surface area (Å²) in [5, 5.41) is 4.17. The van der Waals surface area contributed by atoms with Crippen LogP contribution in [0.4, 0.5) is 0 Å². The predicted octanol–water partition coefficient (Wildman–Crippen LogP) is 1.90. The summed E-state index contributed by atoms with van der Waals surface area (Å²) in [7, 11) is 0. The van der Waals surface area contributed by atoms with Crippen molar-refractivity contribution in [2.45, 2.75) is 39.3 Å². The van der Waals surface area contributed by atoms with Crippen molar-refractivity contribution in [2.75, 3.05) is 6.61 Å². The predicted molar refractivity (Wildman–Crippen MR) is 60.4 cm³/mol. The van der Waals surface area contributed by atoms with Gasteiger partial charge in [-0.15, -0.1) is 0 Å². The minimum Gasteiger partial charge on any atom is -0.378 e. The normalized spacial score (nSPS) is 24.9. The largest absolute Gasteiger partial charge is 0.378 e. The zero-order valence-electron chi connectivity index (χ0n) is 9.85. The smallest absolute Gasteiger partial charge is 0.171 e. The number of carbonyl (C=O) groups is 1. The van der Waals surface area contributed by atoms with Crippen LogP contribution in [0.1, 0.15) is 37.0 Å². The van der Waals surface area contributed by atoms with Crippen molar-refractivity contribution in [1.29, 1.82) is 0 Å². The molecule has 1 aromatic heterocycles. The molecule has 4 heteroatoms. The lowest BCUT2D eigenvalue weighted by atomic mass is 9.97. The van der Waals surface area contributed by atoms with E-state index in [1.165, 1.54) is 0 Å². The number of hydrogen-bond acceptors (Lipinski definition) is 3. The van der Waals surface area contributed by atoms with Gasteiger partial charge >= 0.3 is 0 Å². The molecule has 2 heterocycles. The number of aromatic nitrogens is 2. The molecule has 0 aliphatic carbocycles. The van der Waals surface area contributed by atoms with E-state index in [0.29, 0.717) is 6.61 Å². The summed E-state index contributed by atoms with van der Waals surface area (Å²) >= 11 is 0. The molecule has 1 aliphatic heterocycles. The molecule has 0 spiro atoms. The van der Waals surface area contributed by atoms with E-state index >= 15 is 0 Å². The maximum Gasteiger partial charge on any atom is 0.171 e. The van der Waals surface area contributed by atoms with Crippen LogP contribution < -0.4 is 0 Å². The fourth-order valence-corrected chi connectivity index (χ4v) is 2.08. The highest BCUT2D eigenvalue weighted by Crippen LogP contribution is 2.22. The van der Waals surface area contributed by atoms with Crippen LogP contribution in [-0.2, 0) is 11.3 Å². The minimum atomic E-state index is 0.0225. The van der Waals surface area contributed by atoms with Gasteiger partial charge < -0.3 is 4.74 Å². The first kappa shape index (κ1) is 11.3. The molecule has 0 amide bonds. The highest BCUT2D eigenvalue weighted by molar-refractivity contribution is 5.97. The van der Waals surface area contributed by atoms with E-state index in [-0.39, 0.29) is 17.8 Å². The Morgan fingerprint density at radius 3 is 3.12 bits per heavy atom.